The number of anilines is 1. The molecule has 2 amide bonds. The van der Waals surface area contributed by atoms with Gasteiger partial charge >= 0.3 is 0 Å². The molecule has 0 bridgehead atoms. The number of carbonyl (C=O) groups excluding carboxylic acids is 2. The first-order chi connectivity index (χ1) is 12.5. The number of thioether (sulfide) groups is 2. The second-order valence-corrected chi connectivity index (χ2v) is 8.54. The zero-order valence-electron chi connectivity index (χ0n) is 14.5. The Labute approximate surface area is 163 Å². The van der Waals surface area contributed by atoms with E-state index < -0.39 is 11.9 Å². The summed E-state index contributed by atoms with van der Waals surface area (Å²) in [6.45, 7) is 1.96. The first-order valence-corrected chi connectivity index (χ1v) is 11.1. The van der Waals surface area contributed by atoms with Crippen LogP contribution in [0.5, 0.6) is 0 Å². The van der Waals surface area contributed by atoms with E-state index in [2.05, 4.69) is 15.5 Å². The van der Waals surface area contributed by atoms with E-state index in [1.54, 1.807) is 33.8 Å². The van der Waals surface area contributed by atoms with Crippen LogP contribution < -0.4 is 11.1 Å². The normalized spacial score (nSPS) is 22.8. The minimum absolute atomic E-state index is 0.00263. The van der Waals surface area contributed by atoms with Crippen LogP contribution in [0.2, 0.25) is 0 Å². The third kappa shape index (κ3) is 3.42. The third-order valence-corrected chi connectivity index (χ3v) is 6.76. The van der Waals surface area contributed by atoms with Gasteiger partial charge in [0.2, 0.25) is 0 Å². The van der Waals surface area contributed by atoms with Crippen molar-refractivity contribution in [2.24, 2.45) is 5.16 Å². The number of rotatable bonds is 6. The number of nitrogens with zero attached hydrogens (tertiary/aromatic N) is 3. The number of thiazole rings is 1. The quantitative estimate of drug-likeness (QED) is 0.408. The van der Waals surface area contributed by atoms with Crippen LogP contribution in [-0.2, 0) is 14.4 Å². The predicted molar refractivity (Wildman–Crippen MR) is 106 cm³/mol. The molecule has 1 saturated heterocycles. The highest BCUT2D eigenvalue weighted by atomic mass is 32.2. The van der Waals surface area contributed by atoms with Crippen LogP contribution in [0.25, 0.3) is 0 Å². The van der Waals surface area contributed by atoms with Gasteiger partial charge in [-0.3, -0.25) is 14.5 Å². The molecule has 0 aromatic carbocycles. The van der Waals surface area contributed by atoms with Crippen molar-refractivity contribution in [3.05, 3.63) is 22.3 Å². The second kappa shape index (κ2) is 7.89. The number of β-lactam (4-membered cyclic amide) rings is 1. The lowest BCUT2D eigenvalue weighted by Gasteiger charge is -2.50. The average Bonchev–Trinajstić information content (AvgIpc) is 3.04. The molecule has 140 valence electrons. The van der Waals surface area contributed by atoms with Gasteiger partial charge in [0.05, 0.1) is 0 Å². The molecule has 3 heterocycles. The van der Waals surface area contributed by atoms with E-state index in [0.717, 1.165) is 17.2 Å². The SMILES string of the molecule is CO/N=C(\C(=O)NC1C(=O)N2C(C)=C(CSC)CSC12)c1csc(N)n1. The largest absolute Gasteiger partial charge is 0.398 e. The summed E-state index contributed by atoms with van der Waals surface area (Å²) in [6, 6.07) is -0.587. The fourth-order valence-corrected chi connectivity index (χ4v) is 5.61. The van der Waals surface area contributed by atoms with E-state index in [1.165, 1.54) is 24.0 Å². The van der Waals surface area contributed by atoms with Crippen LogP contribution in [0.1, 0.15) is 12.6 Å². The van der Waals surface area contributed by atoms with E-state index in [0.29, 0.717) is 10.8 Å². The number of hydrogen-bond acceptors (Lipinski definition) is 9. The van der Waals surface area contributed by atoms with Gasteiger partial charge in [0, 0.05) is 22.6 Å². The summed E-state index contributed by atoms with van der Waals surface area (Å²) in [7, 11) is 1.34. The maximum Gasteiger partial charge on any atom is 0.276 e. The molecule has 0 aliphatic carbocycles. The summed E-state index contributed by atoms with van der Waals surface area (Å²) in [6.07, 6.45) is 2.04. The van der Waals surface area contributed by atoms with Gasteiger partial charge in [0.1, 0.15) is 24.2 Å². The number of oxime groups is 1. The number of hydrogen-bond donors (Lipinski definition) is 2. The first kappa shape index (κ1) is 19.1. The summed E-state index contributed by atoms with van der Waals surface area (Å²) < 4.78 is 0. The van der Waals surface area contributed by atoms with Crippen LogP contribution in [0.3, 0.4) is 0 Å². The molecule has 2 unspecified atom stereocenters. The molecule has 2 atom stereocenters. The van der Waals surface area contributed by atoms with Crippen LogP contribution in [0, 0.1) is 0 Å². The Balaban J connectivity index is 1.73. The highest BCUT2D eigenvalue weighted by Gasteiger charge is 2.51. The summed E-state index contributed by atoms with van der Waals surface area (Å²) in [5.41, 5.74) is 8.21. The molecule has 0 saturated carbocycles. The molecule has 1 aromatic heterocycles. The Morgan fingerprint density at radius 3 is 3.00 bits per heavy atom. The van der Waals surface area contributed by atoms with Crippen LogP contribution >= 0.6 is 34.9 Å². The van der Waals surface area contributed by atoms with Crippen molar-refractivity contribution in [1.82, 2.24) is 15.2 Å². The molecule has 2 aliphatic heterocycles. The Bertz CT molecular complexity index is 791. The van der Waals surface area contributed by atoms with E-state index in [-0.39, 0.29) is 17.0 Å². The average molecular weight is 414 g/mol. The van der Waals surface area contributed by atoms with Crippen molar-refractivity contribution in [2.75, 3.05) is 30.6 Å². The zero-order chi connectivity index (χ0) is 18.8. The monoisotopic (exact) mass is 413 g/mol. The highest BCUT2D eigenvalue weighted by molar-refractivity contribution is 8.00. The lowest BCUT2D eigenvalue weighted by Crippen LogP contribution is -2.70. The summed E-state index contributed by atoms with van der Waals surface area (Å²) in [5, 5.41) is 8.36. The van der Waals surface area contributed by atoms with Gasteiger partial charge in [0.15, 0.2) is 10.8 Å². The number of allylic oxidation sites excluding steroid dienone is 1. The number of aromatic nitrogens is 1. The molecule has 3 rings (SSSR count). The van der Waals surface area contributed by atoms with Crippen molar-refractivity contribution in [3.8, 4) is 0 Å². The second-order valence-electron chi connectivity index (χ2n) is 5.68. The zero-order valence-corrected chi connectivity index (χ0v) is 17.0. The Morgan fingerprint density at radius 2 is 2.38 bits per heavy atom. The van der Waals surface area contributed by atoms with Gasteiger partial charge in [-0.1, -0.05) is 5.16 Å². The molecular weight excluding hydrogens is 394 g/mol. The standard InChI is InChI=1S/C15H19N5O3S3/c1-7-8(4-24-3)5-25-14-11(13(22)20(7)14)18-12(21)10(19-23-2)9-6-26-15(16)17-9/h6,11,14H,4-5H2,1-3H3,(H2,16,17)(H,18,21)/b19-10-. The van der Waals surface area contributed by atoms with Gasteiger partial charge in [-0.25, -0.2) is 4.98 Å². The van der Waals surface area contributed by atoms with Crippen molar-refractivity contribution < 1.29 is 14.4 Å². The molecule has 0 spiro atoms. The Kier molecular flexibility index (Phi) is 5.78. The van der Waals surface area contributed by atoms with Crippen LogP contribution in [0.4, 0.5) is 5.13 Å². The Morgan fingerprint density at radius 1 is 1.62 bits per heavy atom. The number of nitrogens with two attached hydrogens (primary N) is 1. The van der Waals surface area contributed by atoms with Gasteiger partial charge in [0.25, 0.3) is 11.8 Å². The van der Waals surface area contributed by atoms with E-state index >= 15 is 0 Å². The number of carbonyl (C=O) groups is 2. The number of nitrogen functional groups attached to an aromatic ring is 1. The molecule has 2 aliphatic rings. The molecular formula is C15H19N5O3S3. The molecule has 11 heteroatoms. The summed E-state index contributed by atoms with van der Waals surface area (Å²) in [4.78, 5) is 35.8. The van der Waals surface area contributed by atoms with Crippen LogP contribution in [-0.4, -0.2) is 63.7 Å². The molecule has 1 fully saturated rings. The molecule has 26 heavy (non-hydrogen) atoms. The smallest absolute Gasteiger partial charge is 0.276 e. The van der Waals surface area contributed by atoms with E-state index in [9.17, 15) is 9.59 Å². The van der Waals surface area contributed by atoms with Crippen molar-refractivity contribution in [1.29, 1.82) is 0 Å². The van der Waals surface area contributed by atoms with Gasteiger partial charge in [-0.05, 0) is 18.8 Å². The number of fused-ring (bicyclic) bond motifs is 1. The van der Waals surface area contributed by atoms with E-state index in [1.807, 2.05) is 13.2 Å². The minimum Gasteiger partial charge on any atom is -0.398 e. The molecule has 1 aromatic rings. The van der Waals surface area contributed by atoms with Gasteiger partial charge < -0.3 is 15.9 Å². The topological polar surface area (TPSA) is 110 Å². The maximum atomic E-state index is 12.6. The molecule has 3 N–H and O–H groups in total. The van der Waals surface area contributed by atoms with Crippen LogP contribution in [0.15, 0.2) is 21.8 Å². The number of amides is 2. The maximum absolute atomic E-state index is 12.6. The number of nitrogens with one attached hydrogen (secondary N) is 1. The van der Waals surface area contributed by atoms with E-state index in [4.69, 9.17) is 10.6 Å². The minimum atomic E-state index is -0.587. The van der Waals surface area contributed by atoms with Gasteiger partial charge in [-0.15, -0.1) is 23.1 Å². The summed E-state index contributed by atoms with van der Waals surface area (Å²) in [5.74, 6) is 1.14. The fraction of sp³-hybridized carbons (Fsp3) is 0.467. The fourth-order valence-electron chi connectivity index (χ4n) is 2.81. The third-order valence-electron chi connectivity index (χ3n) is 4.11. The lowest BCUT2D eigenvalue weighted by molar-refractivity contribution is -0.144. The van der Waals surface area contributed by atoms with Crippen molar-refractivity contribution in [3.63, 3.8) is 0 Å². The van der Waals surface area contributed by atoms with Gasteiger partial charge in [-0.2, -0.15) is 11.8 Å². The summed E-state index contributed by atoms with van der Waals surface area (Å²) >= 11 is 4.60. The molecule has 8 nitrogen and oxygen atoms in total. The van der Waals surface area contributed by atoms with Crippen molar-refractivity contribution in [2.45, 2.75) is 18.3 Å². The lowest BCUT2D eigenvalue weighted by atomic mass is 10.0. The Hall–Kier alpha value is -1.72. The first-order valence-electron chi connectivity index (χ1n) is 7.73. The predicted octanol–water partition coefficient (Wildman–Crippen LogP) is 1.11. The highest BCUT2D eigenvalue weighted by Crippen LogP contribution is 2.40. The molecule has 0 radical (unpaired) electrons. The van der Waals surface area contributed by atoms with Crippen molar-refractivity contribution >= 4 is 57.5 Å².